The Labute approximate surface area is 255 Å². The number of pyridine rings is 1. The first-order valence-electron chi connectivity index (χ1n) is 13.6. The molecule has 43 heavy (non-hydrogen) atoms. The molecular formula is C32H33N5O5S. The number of aromatic nitrogens is 2. The first-order valence-corrected chi connectivity index (χ1v) is 14.0. The minimum atomic E-state index is -0.384. The molecule has 1 amide bonds. The van der Waals surface area contributed by atoms with Crippen LogP contribution in [-0.4, -0.2) is 54.5 Å². The molecule has 2 aromatic heterocycles. The van der Waals surface area contributed by atoms with Crippen molar-refractivity contribution in [2.45, 2.75) is 25.9 Å². The average Bonchev–Trinajstić information content (AvgIpc) is 3.51. The summed E-state index contributed by atoms with van der Waals surface area (Å²) in [6.45, 7) is 4.02. The van der Waals surface area contributed by atoms with Crippen molar-refractivity contribution >= 4 is 40.6 Å². The van der Waals surface area contributed by atoms with E-state index in [1.165, 1.54) is 14.2 Å². The first-order chi connectivity index (χ1) is 20.8. The van der Waals surface area contributed by atoms with Crippen LogP contribution in [0, 0.1) is 13.8 Å². The summed E-state index contributed by atoms with van der Waals surface area (Å²) in [5.41, 5.74) is 6.56. The lowest BCUT2D eigenvalue weighted by atomic mass is 9.96. The molecule has 10 nitrogen and oxygen atoms in total. The summed E-state index contributed by atoms with van der Waals surface area (Å²) < 4.78 is 17.5. The highest BCUT2D eigenvalue weighted by molar-refractivity contribution is 7.80. The smallest absolute Gasteiger partial charge is 0.337 e. The second-order valence-electron chi connectivity index (χ2n) is 10.1. The Morgan fingerprint density at radius 3 is 2.40 bits per heavy atom. The van der Waals surface area contributed by atoms with Gasteiger partial charge in [-0.05, 0) is 92.3 Å². The molecule has 1 aliphatic heterocycles. The monoisotopic (exact) mass is 599 g/mol. The number of rotatable bonds is 9. The molecular weight excluding hydrogens is 566 g/mol. The zero-order valence-electron chi connectivity index (χ0n) is 24.6. The van der Waals surface area contributed by atoms with Gasteiger partial charge in [-0.3, -0.25) is 9.78 Å². The van der Waals surface area contributed by atoms with Gasteiger partial charge >= 0.3 is 5.97 Å². The lowest BCUT2D eigenvalue weighted by Crippen LogP contribution is -2.29. The summed E-state index contributed by atoms with van der Waals surface area (Å²) in [5, 5.41) is 6.89. The molecule has 0 unspecified atom stereocenters. The fraction of sp³-hybridized carbons (Fsp3) is 0.250. The van der Waals surface area contributed by atoms with Gasteiger partial charge in [-0.1, -0.05) is 6.07 Å². The predicted octanol–water partition coefficient (Wildman–Crippen LogP) is 5.05. The van der Waals surface area contributed by atoms with E-state index in [2.05, 4.69) is 33.2 Å². The van der Waals surface area contributed by atoms with Crippen molar-refractivity contribution in [2.24, 2.45) is 0 Å². The first kappa shape index (κ1) is 29.7. The lowest BCUT2D eigenvalue weighted by Gasteiger charge is -2.29. The van der Waals surface area contributed by atoms with E-state index in [9.17, 15) is 9.59 Å². The number of methoxy groups -OCH3 is 3. The number of thiocarbonyl (C=S) groups is 1. The molecule has 1 aliphatic rings. The highest BCUT2D eigenvalue weighted by Gasteiger charge is 2.42. The minimum absolute atomic E-state index is 0.0893. The van der Waals surface area contributed by atoms with Crippen molar-refractivity contribution in [1.82, 2.24) is 14.9 Å². The van der Waals surface area contributed by atoms with Crippen LogP contribution in [0.25, 0.3) is 5.69 Å². The van der Waals surface area contributed by atoms with Crippen molar-refractivity contribution in [3.05, 3.63) is 101 Å². The standard InChI is InChI=1S/C32H33N5O5S/c1-19-16-24(20(2)36(19)22-11-9-21(10-12-22)31(39)42-5)30-29(25-8-6-7-15-33-25)35-32(43)37(30)23-13-14-27(41-4)26(17-23)34-28(38)18-40-3/h6-17,29-30H,18H2,1-5H3,(H,34,38)(H,35,43)/t29-,30-/m1/s1. The Hall–Kier alpha value is -4.74. The Morgan fingerprint density at radius 1 is 1.00 bits per heavy atom. The number of esters is 1. The quantitative estimate of drug-likeness (QED) is 0.202. The van der Waals surface area contributed by atoms with Gasteiger partial charge in [0.05, 0.1) is 43.2 Å². The lowest BCUT2D eigenvalue weighted by molar-refractivity contribution is -0.119. The van der Waals surface area contributed by atoms with Gasteiger partial charge in [-0.25, -0.2) is 4.79 Å². The molecule has 0 bridgehead atoms. The highest BCUT2D eigenvalue weighted by atomic mass is 32.1. The average molecular weight is 600 g/mol. The van der Waals surface area contributed by atoms with Crippen molar-refractivity contribution in [3.63, 3.8) is 0 Å². The third kappa shape index (κ3) is 5.81. The van der Waals surface area contributed by atoms with E-state index in [4.69, 9.17) is 26.4 Å². The van der Waals surface area contributed by atoms with E-state index in [0.29, 0.717) is 22.1 Å². The molecule has 0 saturated carbocycles. The third-order valence-corrected chi connectivity index (χ3v) is 7.76. The topological polar surface area (TPSA) is 107 Å². The summed E-state index contributed by atoms with van der Waals surface area (Å²) in [6, 6.07) is 20.3. The molecule has 3 heterocycles. The number of anilines is 2. The van der Waals surface area contributed by atoms with Gasteiger partial charge in [-0.15, -0.1) is 0 Å². The van der Waals surface area contributed by atoms with Gasteiger partial charge in [-0.2, -0.15) is 0 Å². The van der Waals surface area contributed by atoms with E-state index >= 15 is 0 Å². The zero-order valence-corrected chi connectivity index (χ0v) is 25.4. The fourth-order valence-electron chi connectivity index (χ4n) is 5.56. The number of aryl methyl sites for hydroxylation is 1. The van der Waals surface area contributed by atoms with Crippen LogP contribution in [0.15, 0.2) is 72.9 Å². The Bertz CT molecular complexity index is 1650. The second kappa shape index (κ2) is 12.6. The van der Waals surface area contributed by atoms with Crippen LogP contribution in [0.1, 0.15) is 45.1 Å². The Balaban J connectivity index is 1.62. The van der Waals surface area contributed by atoms with E-state index in [0.717, 1.165) is 34.0 Å². The molecule has 2 aromatic carbocycles. The maximum absolute atomic E-state index is 12.4. The van der Waals surface area contributed by atoms with Gasteiger partial charge in [0.15, 0.2) is 5.11 Å². The number of benzene rings is 2. The normalized spacial score (nSPS) is 16.1. The summed E-state index contributed by atoms with van der Waals surface area (Å²) >= 11 is 5.93. The van der Waals surface area contributed by atoms with Gasteiger partial charge in [0.1, 0.15) is 12.4 Å². The number of nitrogens with zero attached hydrogens (tertiary/aromatic N) is 3. The summed E-state index contributed by atoms with van der Waals surface area (Å²) in [7, 11) is 4.38. The van der Waals surface area contributed by atoms with E-state index in [1.54, 1.807) is 31.5 Å². The molecule has 0 radical (unpaired) electrons. The van der Waals surface area contributed by atoms with Crippen molar-refractivity contribution in [1.29, 1.82) is 0 Å². The predicted molar refractivity (Wildman–Crippen MR) is 168 cm³/mol. The number of nitrogens with one attached hydrogen (secondary N) is 2. The maximum Gasteiger partial charge on any atom is 0.337 e. The molecule has 11 heteroatoms. The number of ether oxygens (including phenoxy) is 3. The zero-order chi connectivity index (χ0) is 30.7. The molecule has 1 saturated heterocycles. The Morgan fingerprint density at radius 2 is 1.74 bits per heavy atom. The molecule has 0 spiro atoms. The van der Waals surface area contributed by atoms with Crippen LogP contribution in [0.2, 0.25) is 0 Å². The van der Waals surface area contributed by atoms with Crippen molar-refractivity contribution in [2.75, 3.05) is 38.2 Å². The number of carbonyl (C=O) groups is 2. The maximum atomic E-state index is 12.4. The second-order valence-corrected chi connectivity index (χ2v) is 10.4. The van der Waals surface area contributed by atoms with Gasteiger partial charge in [0.2, 0.25) is 5.91 Å². The van der Waals surface area contributed by atoms with Crippen molar-refractivity contribution < 1.29 is 23.8 Å². The highest BCUT2D eigenvalue weighted by Crippen LogP contribution is 2.45. The summed E-state index contributed by atoms with van der Waals surface area (Å²) in [5.74, 6) is -0.174. The van der Waals surface area contributed by atoms with Crippen LogP contribution >= 0.6 is 12.2 Å². The van der Waals surface area contributed by atoms with Gasteiger partial charge < -0.3 is 34.3 Å². The molecule has 4 aromatic rings. The van der Waals surface area contributed by atoms with Crippen molar-refractivity contribution in [3.8, 4) is 11.4 Å². The van der Waals surface area contributed by atoms with Crippen LogP contribution in [0.3, 0.4) is 0 Å². The SMILES string of the molecule is COCC(=O)Nc1cc(N2C(=S)N[C@H](c3ccccn3)[C@H]2c2cc(C)n(-c3ccc(C(=O)OC)cc3)c2C)ccc1OC. The van der Waals surface area contributed by atoms with E-state index in [-0.39, 0.29) is 30.6 Å². The summed E-state index contributed by atoms with van der Waals surface area (Å²) in [6.07, 6.45) is 1.77. The number of amides is 1. The van der Waals surface area contributed by atoms with E-state index in [1.807, 2.05) is 54.3 Å². The molecule has 222 valence electrons. The molecule has 0 aliphatic carbocycles. The molecule has 2 N–H and O–H groups in total. The fourth-order valence-corrected chi connectivity index (χ4v) is 5.90. The largest absolute Gasteiger partial charge is 0.495 e. The number of carbonyl (C=O) groups excluding carboxylic acids is 2. The minimum Gasteiger partial charge on any atom is -0.495 e. The Kier molecular flexibility index (Phi) is 8.74. The van der Waals surface area contributed by atoms with Crippen LogP contribution in [-0.2, 0) is 14.3 Å². The third-order valence-electron chi connectivity index (χ3n) is 7.44. The molecule has 1 fully saturated rings. The van der Waals surface area contributed by atoms with Crippen LogP contribution in [0.4, 0.5) is 11.4 Å². The van der Waals surface area contributed by atoms with Crippen LogP contribution < -0.4 is 20.3 Å². The molecule has 5 rings (SSSR count). The molecule has 2 atom stereocenters. The van der Waals surface area contributed by atoms with E-state index < -0.39 is 0 Å². The van der Waals surface area contributed by atoms with Crippen LogP contribution in [0.5, 0.6) is 5.75 Å². The summed E-state index contributed by atoms with van der Waals surface area (Å²) in [4.78, 5) is 31.1. The van der Waals surface area contributed by atoms with Gasteiger partial charge in [0.25, 0.3) is 0 Å². The number of hydrogen-bond donors (Lipinski definition) is 2. The van der Waals surface area contributed by atoms with Gasteiger partial charge in [0, 0.05) is 36.1 Å². The number of hydrogen-bond acceptors (Lipinski definition) is 7.